The van der Waals surface area contributed by atoms with Crippen LogP contribution < -0.4 is 5.32 Å². The van der Waals surface area contributed by atoms with Crippen LogP contribution in [0.4, 0.5) is 18.9 Å². The Hall–Kier alpha value is -2.87. The smallest absolute Gasteiger partial charge is 0.387 e. The molecule has 3 aromatic rings. The minimum absolute atomic E-state index is 0.106. The van der Waals surface area contributed by atoms with Gasteiger partial charge in [-0.3, -0.25) is 4.98 Å². The third kappa shape index (κ3) is 3.63. The van der Waals surface area contributed by atoms with Gasteiger partial charge in [0.05, 0.1) is 23.1 Å². The maximum absolute atomic E-state index is 12.8. The summed E-state index contributed by atoms with van der Waals surface area (Å²) in [5, 5.41) is 13.3. The molecule has 0 radical (unpaired) electrons. The average molecular weight is 348 g/mol. The van der Waals surface area contributed by atoms with Crippen molar-refractivity contribution in [2.24, 2.45) is 0 Å². The van der Waals surface area contributed by atoms with Crippen molar-refractivity contribution in [3.8, 4) is 11.4 Å². The summed E-state index contributed by atoms with van der Waals surface area (Å²) >= 11 is 0. The number of anilines is 1. The summed E-state index contributed by atoms with van der Waals surface area (Å²) in [4.78, 5) is 11.3. The van der Waals surface area contributed by atoms with Crippen LogP contribution in [0.15, 0.2) is 48.8 Å². The van der Waals surface area contributed by atoms with E-state index in [2.05, 4.69) is 20.3 Å². The molecular weight excluding hydrogens is 333 g/mol. The molecule has 130 valence electrons. The summed E-state index contributed by atoms with van der Waals surface area (Å²) in [6.07, 6.45) is -2.59. The molecule has 3 rings (SSSR count). The lowest BCUT2D eigenvalue weighted by Gasteiger charge is -2.12. The Morgan fingerprint density at radius 3 is 2.60 bits per heavy atom. The zero-order valence-electron chi connectivity index (χ0n) is 13.2. The van der Waals surface area contributed by atoms with Gasteiger partial charge >= 0.3 is 6.18 Å². The first-order valence-corrected chi connectivity index (χ1v) is 7.43. The highest BCUT2D eigenvalue weighted by atomic mass is 19.4. The first kappa shape index (κ1) is 17.0. The van der Waals surface area contributed by atoms with Crippen molar-refractivity contribution in [2.75, 3.05) is 12.4 Å². The Morgan fingerprint density at radius 1 is 1.16 bits per heavy atom. The molecule has 3 N–H and O–H groups in total. The largest absolute Gasteiger partial charge is 0.416 e. The number of aliphatic hydroxyl groups is 1. The molecule has 8 heteroatoms. The topological polar surface area (TPSA) is 73.8 Å². The minimum atomic E-state index is -4.47. The van der Waals surface area contributed by atoms with E-state index in [-0.39, 0.29) is 11.4 Å². The van der Waals surface area contributed by atoms with E-state index in [0.717, 1.165) is 17.8 Å². The molecule has 0 amide bonds. The fraction of sp³-hybridized carbons (Fsp3) is 0.176. The Kier molecular flexibility index (Phi) is 4.45. The van der Waals surface area contributed by atoms with Crippen LogP contribution in [0.3, 0.4) is 0 Å². The van der Waals surface area contributed by atoms with Gasteiger partial charge in [-0.25, -0.2) is 4.98 Å². The fourth-order valence-electron chi connectivity index (χ4n) is 2.34. The normalized spacial score (nSPS) is 12.8. The lowest BCUT2D eigenvalue weighted by molar-refractivity contribution is -0.137. The maximum atomic E-state index is 12.8. The lowest BCUT2D eigenvalue weighted by atomic mass is 10.1. The summed E-state index contributed by atoms with van der Waals surface area (Å²) in [6.45, 7) is 0. The van der Waals surface area contributed by atoms with Crippen molar-refractivity contribution in [1.29, 1.82) is 0 Å². The Bertz CT molecular complexity index is 859. The minimum Gasteiger partial charge on any atom is -0.387 e. The second-order valence-corrected chi connectivity index (χ2v) is 5.38. The van der Waals surface area contributed by atoms with Crippen LogP contribution in [0.1, 0.15) is 23.1 Å². The van der Waals surface area contributed by atoms with Gasteiger partial charge in [0.2, 0.25) is 0 Å². The number of alkyl halides is 3. The van der Waals surface area contributed by atoms with Crippen LogP contribution in [0.25, 0.3) is 11.4 Å². The zero-order valence-corrected chi connectivity index (χ0v) is 13.2. The molecule has 1 aromatic carbocycles. The van der Waals surface area contributed by atoms with Crippen LogP contribution in [0.5, 0.6) is 0 Å². The predicted molar refractivity (Wildman–Crippen MR) is 86.9 cm³/mol. The van der Waals surface area contributed by atoms with E-state index in [0.29, 0.717) is 11.4 Å². The van der Waals surface area contributed by atoms with Gasteiger partial charge < -0.3 is 15.4 Å². The molecular formula is C17H15F3N4O. The fourth-order valence-corrected chi connectivity index (χ4v) is 2.34. The van der Waals surface area contributed by atoms with E-state index < -0.39 is 17.8 Å². The monoisotopic (exact) mass is 348 g/mol. The van der Waals surface area contributed by atoms with E-state index in [1.165, 1.54) is 12.1 Å². The van der Waals surface area contributed by atoms with Gasteiger partial charge in [0.15, 0.2) is 0 Å². The average Bonchev–Trinajstić information content (AvgIpc) is 3.10. The SMILES string of the molecule is CNc1ccc(-c2c[nH]c(C(O)c3cccc(C(F)(F)F)c3)n2)nc1. The third-order valence-electron chi connectivity index (χ3n) is 3.70. The van der Waals surface area contributed by atoms with Crippen LogP contribution in [-0.4, -0.2) is 27.1 Å². The summed E-state index contributed by atoms with van der Waals surface area (Å²) < 4.78 is 38.4. The van der Waals surface area contributed by atoms with Gasteiger partial charge in [-0.05, 0) is 29.8 Å². The van der Waals surface area contributed by atoms with Crippen molar-refractivity contribution in [2.45, 2.75) is 12.3 Å². The van der Waals surface area contributed by atoms with E-state index in [4.69, 9.17) is 0 Å². The molecule has 0 fully saturated rings. The molecule has 0 aliphatic heterocycles. The number of nitrogens with zero attached hydrogens (tertiary/aromatic N) is 2. The Balaban J connectivity index is 1.86. The van der Waals surface area contributed by atoms with E-state index in [9.17, 15) is 18.3 Å². The molecule has 25 heavy (non-hydrogen) atoms. The standard InChI is InChI=1S/C17H15F3N4O/c1-21-12-5-6-13(22-8-12)14-9-23-16(24-14)15(25)10-3-2-4-11(7-10)17(18,19)20/h2-9,15,21,25H,1H3,(H,23,24). The summed E-state index contributed by atoms with van der Waals surface area (Å²) in [7, 11) is 1.77. The van der Waals surface area contributed by atoms with Gasteiger partial charge in [-0.1, -0.05) is 12.1 Å². The number of aromatic amines is 1. The molecule has 5 nitrogen and oxygen atoms in total. The first-order valence-electron chi connectivity index (χ1n) is 7.43. The molecule has 0 saturated heterocycles. The zero-order chi connectivity index (χ0) is 18.0. The molecule has 0 spiro atoms. The number of aliphatic hydroxyl groups excluding tert-OH is 1. The quantitative estimate of drug-likeness (QED) is 0.673. The van der Waals surface area contributed by atoms with Gasteiger partial charge in [0.1, 0.15) is 17.6 Å². The van der Waals surface area contributed by atoms with E-state index in [1.54, 1.807) is 25.5 Å². The number of imidazole rings is 1. The van der Waals surface area contributed by atoms with Gasteiger partial charge in [-0.2, -0.15) is 13.2 Å². The Labute approximate surface area is 141 Å². The maximum Gasteiger partial charge on any atom is 0.416 e. The number of hydrogen-bond donors (Lipinski definition) is 3. The summed E-state index contributed by atoms with van der Waals surface area (Å²) in [5.74, 6) is 0.147. The van der Waals surface area contributed by atoms with Crippen molar-refractivity contribution < 1.29 is 18.3 Å². The van der Waals surface area contributed by atoms with Crippen molar-refractivity contribution >= 4 is 5.69 Å². The summed E-state index contributed by atoms with van der Waals surface area (Å²) in [5.41, 5.74) is 1.19. The number of pyridine rings is 1. The predicted octanol–water partition coefficient (Wildman–Crippen LogP) is 3.61. The molecule has 0 aliphatic carbocycles. The number of halogens is 3. The van der Waals surface area contributed by atoms with Crippen molar-refractivity contribution in [3.05, 3.63) is 65.7 Å². The molecule has 0 bridgehead atoms. The lowest BCUT2D eigenvalue weighted by Crippen LogP contribution is -2.08. The van der Waals surface area contributed by atoms with Crippen LogP contribution in [0, 0.1) is 0 Å². The van der Waals surface area contributed by atoms with Gasteiger partial charge in [-0.15, -0.1) is 0 Å². The highest BCUT2D eigenvalue weighted by Crippen LogP contribution is 2.32. The van der Waals surface area contributed by atoms with Crippen molar-refractivity contribution in [3.63, 3.8) is 0 Å². The highest BCUT2D eigenvalue weighted by molar-refractivity contribution is 5.56. The molecule has 2 aromatic heterocycles. The number of nitrogens with one attached hydrogen (secondary N) is 2. The molecule has 0 aliphatic rings. The Morgan fingerprint density at radius 2 is 1.96 bits per heavy atom. The second-order valence-electron chi connectivity index (χ2n) is 5.38. The number of benzene rings is 1. The van der Waals surface area contributed by atoms with Crippen LogP contribution >= 0.6 is 0 Å². The number of rotatable bonds is 4. The second kappa shape index (κ2) is 6.56. The molecule has 1 unspecified atom stereocenters. The van der Waals surface area contributed by atoms with Gasteiger partial charge in [0, 0.05) is 13.2 Å². The van der Waals surface area contributed by atoms with Crippen LogP contribution in [0.2, 0.25) is 0 Å². The molecule has 1 atom stereocenters. The third-order valence-corrected chi connectivity index (χ3v) is 3.70. The number of hydrogen-bond acceptors (Lipinski definition) is 4. The van der Waals surface area contributed by atoms with Crippen molar-refractivity contribution in [1.82, 2.24) is 15.0 Å². The highest BCUT2D eigenvalue weighted by Gasteiger charge is 2.31. The number of H-pyrrole nitrogens is 1. The molecule has 2 heterocycles. The van der Waals surface area contributed by atoms with Crippen LogP contribution in [-0.2, 0) is 6.18 Å². The van der Waals surface area contributed by atoms with E-state index in [1.807, 2.05) is 6.07 Å². The molecule has 0 saturated carbocycles. The van der Waals surface area contributed by atoms with Gasteiger partial charge in [0.25, 0.3) is 0 Å². The first-order chi connectivity index (χ1) is 11.9. The summed E-state index contributed by atoms with van der Waals surface area (Å²) in [6, 6.07) is 8.11. The number of aromatic nitrogens is 3. The van der Waals surface area contributed by atoms with E-state index >= 15 is 0 Å².